The first-order chi connectivity index (χ1) is 28.5. The molecule has 1 saturated heterocycles. The summed E-state index contributed by atoms with van der Waals surface area (Å²) in [6.07, 6.45) is 24.0. The average molecular weight is 895 g/mol. The van der Waals surface area contributed by atoms with Gasteiger partial charge in [0.2, 0.25) is 11.7 Å². The van der Waals surface area contributed by atoms with E-state index in [0.717, 1.165) is 37.5 Å². The molecule has 1 aliphatic heterocycles. The number of Topliss-reactive ketones (excluding diaryl/α,β-unsaturated/α-hetero) is 3. The van der Waals surface area contributed by atoms with E-state index in [-0.39, 0.29) is 72.1 Å². The molecule has 2 saturated carbocycles. The molecule has 6 atom stereocenters. The van der Waals surface area contributed by atoms with Gasteiger partial charge in [0.05, 0.1) is 12.0 Å². The van der Waals surface area contributed by atoms with E-state index in [0.29, 0.717) is 43.1 Å². The maximum absolute atomic E-state index is 14.1. The number of hydrogen-bond acceptors (Lipinski definition) is 5. The summed E-state index contributed by atoms with van der Waals surface area (Å²) in [5.74, 6) is 4.34. The second-order valence-corrected chi connectivity index (χ2v) is 17.4. The van der Waals surface area contributed by atoms with Crippen molar-refractivity contribution in [3.63, 3.8) is 0 Å². The second kappa shape index (κ2) is 39.6. The number of ketones is 3. The van der Waals surface area contributed by atoms with E-state index in [2.05, 4.69) is 80.4 Å². The van der Waals surface area contributed by atoms with Crippen LogP contribution in [-0.2, 0) is 42.5 Å². The average Bonchev–Trinajstić information content (AvgIpc) is 4.16. The van der Waals surface area contributed by atoms with Crippen LogP contribution >= 0.6 is 0 Å². The Kier molecular flexibility index (Phi) is 44.3. The van der Waals surface area contributed by atoms with Crippen molar-refractivity contribution in [2.24, 2.45) is 52.3 Å². The molecule has 61 heavy (non-hydrogen) atoms. The third-order valence-electron chi connectivity index (χ3n) is 11.5. The number of hydrogen-bond donors (Lipinski definition) is 0. The largest absolute Gasteiger partial charge is 0.377 e. The molecular weight excluding hydrogens is 794 g/mol. The van der Waals surface area contributed by atoms with Gasteiger partial charge in [0.25, 0.3) is 0 Å². The van der Waals surface area contributed by atoms with Crippen LogP contribution in [0.3, 0.4) is 0 Å². The number of likely N-dealkylation sites (tertiary alicyclic amines) is 1. The van der Waals surface area contributed by atoms with Crippen molar-refractivity contribution in [3.8, 4) is 12.3 Å². The molecule has 1 radical (unpaired) electrons. The molecular formula is C54H101NO5V. The number of terminal acetylenes is 1. The van der Waals surface area contributed by atoms with E-state index in [1.54, 1.807) is 18.1 Å². The predicted octanol–water partition coefficient (Wildman–Crippen LogP) is 14.6. The van der Waals surface area contributed by atoms with Crippen LogP contribution in [0.2, 0.25) is 0 Å². The topological polar surface area (TPSA) is 80.8 Å². The fraction of sp³-hybridized carbons (Fsp3) is 0.815. The molecule has 4 rings (SSSR count). The van der Waals surface area contributed by atoms with Gasteiger partial charge in [-0.05, 0) is 77.9 Å². The smallest absolute Gasteiger partial charge is 0.230 e. The van der Waals surface area contributed by atoms with Crippen LogP contribution in [0.15, 0.2) is 24.3 Å². The number of carbonyl (C=O) groups is 4. The first-order valence-corrected chi connectivity index (χ1v) is 24.7. The maximum atomic E-state index is 14.1. The van der Waals surface area contributed by atoms with Gasteiger partial charge in [0, 0.05) is 51.5 Å². The van der Waals surface area contributed by atoms with Crippen LogP contribution in [0, 0.1) is 64.6 Å². The molecule has 1 amide bonds. The third-order valence-corrected chi connectivity index (χ3v) is 11.5. The Morgan fingerprint density at radius 2 is 1.38 bits per heavy atom. The molecule has 0 aromatic rings. The van der Waals surface area contributed by atoms with Crippen molar-refractivity contribution in [2.75, 3.05) is 20.3 Å². The summed E-state index contributed by atoms with van der Waals surface area (Å²) >= 11 is 0. The van der Waals surface area contributed by atoms with Crippen molar-refractivity contribution in [1.82, 2.24) is 4.90 Å². The second-order valence-electron chi connectivity index (χ2n) is 17.4. The standard InChI is InChI=1S/C34H51NO5.C7H12.C3H8.5C2H6.V/c1-7-27(36)13-9-14-29(34(4,5)30-19-24(30)3)33(39)35-18-10-15-31(35)32(38)20-23(2)26(21-28(37)22-40-6)17-16-25-11-8-12-25;1-7(2,3)6-4-5-6;1-3-2;5*1-2;/h1,9,14,23-26,29-31H,8,10-13,15-22H2,2-6H3;4-6H,1-3H3;3H2,1-2H3;5*1-2H3;/b14-9+;;;;;;;;/t23?,24?,26?,29-,30?,31+;;;;;;;;/m1......../s1. The Morgan fingerprint density at radius 3 is 1.75 bits per heavy atom. The zero-order valence-corrected chi connectivity index (χ0v) is 45.2. The third kappa shape index (κ3) is 27.8. The number of ether oxygens (including phenoxy) is 1. The monoisotopic (exact) mass is 895 g/mol. The Labute approximate surface area is 392 Å². The number of methoxy groups -OCH3 is 1. The van der Waals surface area contributed by atoms with E-state index in [1.165, 1.54) is 25.7 Å². The fourth-order valence-corrected chi connectivity index (χ4v) is 7.74. The molecule has 0 bridgehead atoms. The summed E-state index contributed by atoms with van der Waals surface area (Å²) in [4.78, 5) is 53.8. The van der Waals surface area contributed by atoms with Crippen LogP contribution < -0.4 is 0 Å². The Morgan fingerprint density at radius 1 is 0.869 bits per heavy atom. The number of carbonyl (C=O) groups excluding carboxylic acids is 4. The van der Waals surface area contributed by atoms with Crippen molar-refractivity contribution in [3.05, 3.63) is 24.3 Å². The van der Waals surface area contributed by atoms with Crippen LogP contribution in [0.25, 0.3) is 0 Å². The van der Waals surface area contributed by atoms with Crippen molar-refractivity contribution in [1.29, 1.82) is 0 Å². The van der Waals surface area contributed by atoms with Gasteiger partial charge >= 0.3 is 0 Å². The predicted molar refractivity (Wildman–Crippen MR) is 262 cm³/mol. The summed E-state index contributed by atoms with van der Waals surface area (Å²) in [7, 11) is 1.54. The molecule has 4 aliphatic rings. The van der Waals surface area contributed by atoms with Crippen molar-refractivity contribution >= 4 is 23.3 Å². The molecule has 3 fully saturated rings. The minimum atomic E-state index is -0.424. The van der Waals surface area contributed by atoms with Gasteiger partial charge in [-0.2, -0.15) is 0 Å². The molecule has 7 heteroatoms. The van der Waals surface area contributed by atoms with Gasteiger partial charge < -0.3 is 9.64 Å². The molecule has 1 heterocycles. The van der Waals surface area contributed by atoms with E-state index in [4.69, 9.17) is 11.2 Å². The fourth-order valence-electron chi connectivity index (χ4n) is 7.74. The normalized spacial score (nSPS) is 19.7. The zero-order valence-electron chi connectivity index (χ0n) is 43.8. The van der Waals surface area contributed by atoms with E-state index < -0.39 is 12.0 Å². The molecule has 0 aromatic heterocycles. The van der Waals surface area contributed by atoms with Gasteiger partial charge in [-0.1, -0.05) is 188 Å². The van der Waals surface area contributed by atoms with Gasteiger partial charge in [0.15, 0.2) is 11.6 Å². The van der Waals surface area contributed by atoms with Gasteiger partial charge in [-0.25, -0.2) is 0 Å². The molecule has 0 aromatic carbocycles. The van der Waals surface area contributed by atoms with Crippen LogP contribution in [-0.4, -0.2) is 54.5 Å². The van der Waals surface area contributed by atoms with E-state index >= 15 is 0 Å². The van der Waals surface area contributed by atoms with E-state index in [9.17, 15) is 19.2 Å². The van der Waals surface area contributed by atoms with Crippen LogP contribution in [0.4, 0.5) is 0 Å². The Balaban J connectivity index is -0.000000420. The van der Waals surface area contributed by atoms with Gasteiger partial charge in [0.1, 0.15) is 6.61 Å². The number of amides is 1. The molecule has 0 spiro atoms. The first kappa shape index (κ1) is 68.1. The Hall–Kier alpha value is -1.94. The minimum Gasteiger partial charge on any atom is -0.377 e. The molecule has 6 nitrogen and oxygen atoms in total. The molecule has 3 aliphatic carbocycles. The van der Waals surface area contributed by atoms with Crippen molar-refractivity contribution in [2.45, 2.75) is 215 Å². The number of nitrogens with zero attached hydrogens (tertiary/aromatic N) is 1. The van der Waals surface area contributed by atoms with Gasteiger partial charge in [-0.3, -0.25) is 19.2 Å². The van der Waals surface area contributed by atoms with Crippen LogP contribution in [0.1, 0.15) is 209 Å². The van der Waals surface area contributed by atoms with E-state index in [1.807, 2.05) is 75.3 Å². The molecule has 357 valence electrons. The summed E-state index contributed by atoms with van der Waals surface area (Å²) in [6, 6.07) is -0.424. The Bertz CT molecular complexity index is 1210. The molecule has 0 N–H and O–H groups in total. The zero-order chi connectivity index (χ0) is 47.6. The van der Waals surface area contributed by atoms with Crippen LogP contribution in [0.5, 0.6) is 0 Å². The number of allylic oxidation sites excluding steroid dienone is 3. The summed E-state index contributed by atoms with van der Waals surface area (Å²) < 4.78 is 5.08. The SMILES string of the molecule is C#CC(=O)C/C=C/[C@H](C(=O)N1CCC[C@H]1C(=O)CC(C)C(CCC1CCC1)CC(=O)COC)C(C)(C)C1CC1C.CC.CC.CC.CC.CC.CC(C)(C)C1C=C1.CCC.[V]. The quantitative estimate of drug-likeness (QED) is 0.0825. The summed E-state index contributed by atoms with van der Waals surface area (Å²) in [6.45, 7) is 40.3. The van der Waals surface area contributed by atoms with Crippen molar-refractivity contribution < 1.29 is 42.5 Å². The minimum absolute atomic E-state index is 0. The molecule has 4 unspecified atom stereocenters. The maximum Gasteiger partial charge on any atom is 0.230 e. The number of rotatable bonds is 17. The summed E-state index contributed by atoms with van der Waals surface area (Å²) in [5, 5.41) is 0. The van der Waals surface area contributed by atoms with Gasteiger partial charge in [-0.15, -0.1) is 6.42 Å². The summed E-state index contributed by atoms with van der Waals surface area (Å²) in [5.41, 5.74) is 0.212. The first-order valence-electron chi connectivity index (χ1n) is 24.7.